The van der Waals surface area contributed by atoms with Crippen molar-refractivity contribution < 1.29 is 9.90 Å². The summed E-state index contributed by atoms with van der Waals surface area (Å²) < 4.78 is 0. The number of amides is 1. The van der Waals surface area contributed by atoms with Crippen molar-refractivity contribution in [1.82, 2.24) is 4.90 Å². The fourth-order valence-electron chi connectivity index (χ4n) is 4.15. The van der Waals surface area contributed by atoms with Crippen LogP contribution in [0.1, 0.15) is 32.6 Å². The van der Waals surface area contributed by atoms with Gasteiger partial charge in [-0.05, 0) is 37.5 Å². The van der Waals surface area contributed by atoms with E-state index in [1.165, 1.54) is 0 Å². The quantitative estimate of drug-likeness (QED) is 0.757. The van der Waals surface area contributed by atoms with E-state index in [1.807, 2.05) is 4.90 Å². The topological polar surface area (TPSA) is 64.3 Å². The second kappa shape index (κ2) is 3.96. The Kier molecular flexibility index (Phi) is 2.63. The zero-order valence-corrected chi connectivity index (χ0v) is 10.8. The molecule has 98 valence electrons. The highest BCUT2D eigenvalue weighted by molar-refractivity contribution is 5.86. The molecule has 4 heteroatoms. The SMILES string of the molecule is CC1CC(C#N)(C(=O)N2CC3CCC(O)C3C2)C1. The fraction of sp³-hybridized carbons (Fsp3) is 0.857. The summed E-state index contributed by atoms with van der Waals surface area (Å²) >= 11 is 0. The van der Waals surface area contributed by atoms with Crippen LogP contribution in [0, 0.1) is 34.5 Å². The monoisotopic (exact) mass is 248 g/mol. The van der Waals surface area contributed by atoms with Crippen molar-refractivity contribution in [2.45, 2.75) is 38.7 Å². The first kappa shape index (κ1) is 12.0. The van der Waals surface area contributed by atoms with Crippen LogP contribution < -0.4 is 0 Å². The van der Waals surface area contributed by atoms with E-state index in [2.05, 4.69) is 13.0 Å². The fourth-order valence-corrected chi connectivity index (χ4v) is 4.15. The van der Waals surface area contributed by atoms with Gasteiger partial charge in [-0.2, -0.15) is 5.26 Å². The van der Waals surface area contributed by atoms with Gasteiger partial charge < -0.3 is 10.0 Å². The third-order valence-electron chi connectivity index (χ3n) is 5.12. The summed E-state index contributed by atoms with van der Waals surface area (Å²) in [6, 6.07) is 2.25. The molecule has 0 aromatic carbocycles. The largest absolute Gasteiger partial charge is 0.393 e. The molecular formula is C14H20N2O2. The average molecular weight is 248 g/mol. The van der Waals surface area contributed by atoms with Crippen molar-refractivity contribution in [2.75, 3.05) is 13.1 Å². The second-order valence-corrected chi connectivity index (χ2v) is 6.49. The third-order valence-corrected chi connectivity index (χ3v) is 5.12. The Labute approximate surface area is 108 Å². The van der Waals surface area contributed by atoms with Gasteiger partial charge in [0, 0.05) is 19.0 Å². The molecule has 2 saturated carbocycles. The minimum Gasteiger partial charge on any atom is -0.393 e. The van der Waals surface area contributed by atoms with Crippen molar-refractivity contribution in [3.05, 3.63) is 0 Å². The predicted octanol–water partition coefficient (Wildman–Crippen LogP) is 1.16. The van der Waals surface area contributed by atoms with Crippen molar-refractivity contribution >= 4 is 5.91 Å². The molecule has 1 amide bonds. The first-order valence-electron chi connectivity index (χ1n) is 6.94. The van der Waals surface area contributed by atoms with E-state index in [9.17, 15) is 15.2 Å². The first-order chi connectivity index (χ1) is 8.55. The molecule has 1 N–H and O–H groups in total. The van der Waals surface area contributed by atoms with Crippen molar-refractivity contribution in [2.24, 2.45) is 23.2 Å². The maximum Gasteiger partial charge on any atom is 0.243 e. The van der Waals surface area contributed by atoms with E-state index >= 15 is 0 Å². The van der Waals surface area contributed by atoms with Gasteiger partial charge >= 0.3 is 0 Å². The van der Waals surface area contributed by atoms with Gasteiger partial charge in [0.1, 0.15) is 5.41 Å². The van der Waals surface area contributed by atoms with E-state index in [0.717, 1.165) is 19.4 Å². The first-order valence-corrected chi connectivity index (χ1v) is 6.94. The number of fused-ring (bicyclic) bond motifs is 1. The van der Waals surface area contributed by atoms with Gasteiger partial charge in [-0.15, -0.1) is 0 Å². The molecule has 0 aromatic rings. The summed E-state index contributed by atoms with van der Waals surface area (Å²) in [7, 11) is 0. The summed E-state index contributed by atoms with van der Waals surface area (Å²) in [5.74, 6) is 1.21. The van der Waals surface area contributed by atoms with Crippen molar-refractivity contribution in [3.63, 3.8) is 0 Å². The summed E-state index contributed by atoms with van der Waals surface area (Å²) in [4.78, 5) is 14.3. The Balaban J connectivity index is 1.70. The Hall–Kier alpha value is -1.08. The van der Waals surface area contributed by atoms with Gasteiger partial charge in [-0.1, -0.05) is 6.92 Å². The van der Waals surface area contributed by atoms with E-state index in [-0.39, 0.29) is 17.9 Å². The van der Waals surface area contributed by atoms with E-state index in [1.54, 1.807) is 0 Å². The highest BCUT2D eigenvalue weighted by Gasteiger charge is 2.53. The van der Waals surface area contributed by atoms with Gasteiger partial charge in [0.25, 0.3) is 0 Å². The minimum absolute atomic E-state index is 0.0182. The highest BCUT2D eigenvalue weighted by atomic mass is 16.3. The molecule has 1 heterocycles. The number of rotatable bonds is 1. The average Bonchev–Trinajstić information content (AvgIpc) is 2.87. The molecular weight excluding hydrogens is 228 g/mol. The number of nitriles is 1. The lowest BCUT2D eigenvalue weighted by atomic mass is 9.63. The Bertz CT molecular complexity index is 409. The number of hydrogen-bond acceptors (Lipinski definition) is 3. The van der Waals surface area contributed by atoms with Crippen LogP contribution in [0.5, 0.6) is 0 Å². The predicted molar refractivity (Wildman–Crippen MR) is 65.2 cm³/mol. The van der Waals surface area contributed by atoms with Gasteiger partial charge in [0.2, 0.25) is 5.91 Å². The smallest absolute Gasteiger partial charge is 0.243 e. The zero-order valence-electron chi connectivity index (χ0n) is 10.8. The number of carbonyl (C=O) groups is 1. The van der Waals surface area contributed by atoms with Gasteiger partial charge in [0.05, 0.1) is 12.2 Å². The van der Waals surface area contributed by atoms with Crippen LogP contribution in [-0.2, 0) is 4.79 Å². The lowest BCUT2D eigenvalue weighted by Crippen LogP contribution is -2.49. The maximum atomic E-state index is 12.5. The molecule has 1 aliphatic heterocycles. The maximum absolute atomic E-state index is 12.5. The van der Waals surface area contributed by atoms with E-state index in [4.69, 9.17) is 0 Å². The number of aliphatic hydroxyl groups excluding tert-OH is 1. The van der Waals surface area contributed by atoms with Crippen LogP contribution in [0.15, 0.2) is 0 Å². The van der Waals surface area contributed by atoms with Crippen molar-refractivity contribution in [1.29, 1.82) is 5.26 Å². The molecule has 0 radical (unpaired) electrons. The summed E-state index contributed by atoms with van der Waals surface area (Å²) in [6.07, 6.45) is 3.06. The van der Waals surface area contributed by atoms with Crippen LogP contribution in [0.3, 0.4) is 0 Å². The molecule has 0 spiro atoms. The number of carbonyl (C=O) groups excluding carboxylic acids is 1. The Morgan fingerprint density at radius 3 is 2.67 bits per heavy atom. The molecule has 3 rings (SSSR count). The van der Waals surface area contributed by atoms with E-state index < -0.39 is 5.41 Å². The number of nitrogens with zero attached hydrogens (tertiary/aromatic N) is 2. The third kappa shape index (κ3) is 1.57. The Morgan fingerprint density at radius 2 is 2.11 bits per heavy atom. The number of aliphatic hydroxyl groups is 1. The van der Waals surface area contributed by atoms with Crippen LogP contribution in [0.2, 0.25) is 0 Å². The lowest BCUT2D eigenvalue weighted by molar-refractivity contribution is -0.144. The lowest BCUT2D eigenvalue weighted by Gasteiger charge is -2.41. The standard InChI is InChI=1S/C14H20N2O2/c1-9-4-14(5-9,8-15)13(18)16-6-10-2-3-12(17)11(10)7-16/h9-12,17H,2-7H2,1H3. The van der Waals surface area contributed by atoms with Crippen LogP contribution in [-0.4, -0.2) is 35.1 Å². The normalized spacial score (nSPS) is 46.4. The molecule has 4 nitrogen and oxygen atoms in total. The van der Waals surface area contributed by atoms with Crippen LogP contribution >= 0.6 is 0 Å². The van der Waals surface area contributed by atoms with Crippen molar-refractivity contribution in [3.8, 4) is 6.07 Å². The summed E-state index contributed by atoms with van der Waals surface area (Å²) in [5.41, 5.74) is -0.747. The minimum atomic E-state index is -0.747. The second-order valence-electron chi connectivity index (χ2n) is 6.49. The summed E-state index contributed by atoms with van der Waals surface area (Å²) in [5, 5.41) is 19.2. The molecule has 1 saturated heterocycles. The molecule has 3 unspecified atom stereocenters. The molecule has 3 aliphatic rings. The van der Waals surface area contributed by atoms with Gasteiger partial charge in [-0.25, -0.2) is 0 Å². The number of likely N-dealkylation sites (tertiary alicyclic amines) is 1. The highest BCUT2D eigenvalue weighted by Crippen LogP contribution is 2.48. The Morgan fingerprint density at radius 1 is 1.39 bits per heavy atom. The molecule has 18 heavy (non-hydrogen) atoms. The van der Waals surface area contributed by atoms with E-state index in [0.29, 0.717) is 31.2 Å². The van der Waals surface area contributed by atoms with Gasteiger partial charge in [0.15, 0.2) is 0 Å². The molecule has 0 aromatic heterocycles. The van der Waals surface area contributed by atoms with Gasteiger partial charge in [-0.3, -0.25) is 4.79 Å². The number of hydrogen-bond donors (Lipinski definition) is 1. The molecule has 2 aliphatic carbocycles. The summed E-state index contributed by atoms with van der Waals surface area (Å²) in [6.45, 7) is 3.49. The van der Waals surface area contributed by atoms with Crippen LogP contribution in [0.4, 0.5) is 0 Å². The van der Waals surface area contributed by atoms with Crippen LogP contribution in [0.25, 0.3) is 0 Å². The molecule has 3 atom stereocenters. The zero-order chi connectivity index (χ0) is 12.9. The molecule has 0 bridgehead atoms. The molecule has 3 fully saturated rings.